The molecule has 7 nitrogen and oxygen atoms in total. The number of ketones is 1. The number of amides is 2. The third-order valence-electron chi connectivity index (χ3n) is 7.49. The van der Waals surface area contributed by atoms with E-state index in [2.05, 4.69) is 0 Å². The second kappa shape index (κ2) is 10.5. The van der Waals surface area contributed by atoms with Crippen LogP contribution in [0.3, 0.4) is 0 Å². The van der Waals surface area contributed by atoms with Gasteiger partial charge in [0.2, 0.25) is 5.91 Å². The van der Waals surface area contributed by atoms with Crippen LogP contribution in [0.15, 0.2) is 36.4 Å². The maximum absolute atomic E-state index is 13.2. The Morgan fingerprint density at radius 1 is 1.14 bits per heavy atom. The van der Waals surface area contributed by atoms with Crippen molar-refractivity contribution in [3.05, 3.63) is 58.7 Å². The third-order valence-corrected chi connectivity index (χ3v) is 7.49. The molecule has 2 aliphatic heterocycles. The highest BCUT2D eigenvalue weighted by Crippen LogP contribution is 2.38. The number of methoxy groups -OCH3 is 1. The van der Waals surface area contributed by atoms with E-state index in [0.29, 0.717) is 45.2 Å². The van der Waals surface area contributed by atoms with E-state index in [1.807, 2.05) is 55.1 Å². The van der Waals surface area contributed by atoms with Crippen molar-refractivity contribution >= 4 is 23.5 Å². The van der Waals surface area contributed by atoms with E-state index in [-0.39, 0.29) is 23.7 Å². The summed E-state index contributed by atoms with van der Waals surface area (Å²) in [4.78, 5) is 40.5. The molecule has 0 saturated heterocycles. The Labute approximate surface area is 206 Å². The van der Waals surface area contributed by atoms with Crippen molar-refractivity contribution in [1.82, 2.24) is 4.90 Å². The topological polar surface area (TPSA) is 87.2 Å². The first-order valence-corrected chi connectivity index (χ1v) is 12.5. The summed E-state index contributed by atoms with van der Waals surface area (Å²) in [5, 5.41) is 9.71. The lowest BCUT2D eigenvalue weighted by Crippen LogP contribution is -2.41. The Morgan fingerprint density at radius 3 is 2.54 bits per heavy atom. The van der Waals surface area contributed by atoms with Gasteiger partial charge in [0, 0.05) is 43.5 Å². The highest BCUT2D eigenvalue weighted by Gasteiger charge is 2.32. The molecule has 1 N–H and O–H groups in total. The number of para-hydroxylation sites is 1. The van der Waals surface area contributed by atoms with Crippen LogP contribution in [0, 0.1) is 0 Å². The summed E-state index contributed by atoms with van der Waals surface area (Å²) in [6, 6.07) is 11.4. The number of nitrogens with zero attached hydrogens (tertiary/aromatic N) is 2. The van der Waals surface area contributed by atoms with Crippen molar-refractivity contribution in [2.24, 2.45) is 0 Å². The number of benzene rings is 2. The largest absolute Gasteiger partial charge is 0.496 e. The highest BCUT2D eigenvalue weighted by molar-refractivity contribution is 6.02. The Morgan fingerprint density at radius 2 is 1.86 bits per heavy atom. The van der Waals surface area contributed by atoms with Crippen molar-refractivity contribution in [1.29, 1.82) is 0 Å². The molecule has 2 unspecified atom stereocenters. The molecule has 2 aromatic rings. The molecule has 2 aromatic carbocycles. The minimum atomic E-state index is -0.949. The van der Waals surface area contributed by atoms with E-state index in [9.17, 15) is 19.5 Å². The van der Waals surface area contributed by atoms with Crippen LogP contribution in [-0.2, 0) is 17.6 Å². The Hall–Kier alpha value is -3.35. The zero-order valence-electron chi connectivity index (χ0n) is 20.8. The van der Waals surface area contributed by atoms with Gasteiger partial charge >= 0.3 is 6.09 Å². The number of carbonyl (C=O) groups excluding carboxylic acids is 2. The number of rotatable bonds is 10. The monoisotopic (exact) mass is 478 g/mol. The lowest BCUT2D eigenvalue weighted by molar-refractivity contribution is -0.118. The van der Waals surface area contributed by atoms with Crippen LogP contribution in [0.5, 0.6) is 5.75 Å². The number of hydrogen-bond donors (Lipinski definition) is 1. The smallest absolute Gasteiger partial charge is 0.407 e. The van der Waals surface area contributed by atoms with E-state index >= 15 is 0 Å². The molecule has 2 amide bonds. The van der Waals surface area contributed by atoms with Crippen LogP contribution >= 0.6 is 0 Å². The average molecular weight is 479 g/mol. The van der Waals surface area contributed by atoms with Gasteiger partial charge in [0.15, 0.2) is 5.78 Å². The Balaban J connectivity index is 1.50. The van der Waals surface area contributed by atoms with Crippen LogP contribution in [-0.4, -0.2) is 54.0 Å². The number of anilines is 1. The normalized spacial score (nSPS) is 16.0. The molecule has 2 heterocycles. The lowest BCUT2D eigenvalue weighted by Gasteiger charge is -2.33. The zero-order chi connectivity index (χ0) is 25.1. The van der Waals surface area contributed by atoms with Gasteiger partial charge in [-0.2, -0.15) is 0 Å². The van der Waals surface area contributed by atoms with Crippen molar-refractivity contribution in [3.63, 3.8) is 0 Å². The molecular formula is C28H34N2O5. The molecule has 0 bridgehead atoms. The molecule has 35 heavy (non-hydrogen) atoms. The molecule has 186 valence electrons. The van der Waals surface area contributed by atoms with Gasteiger partial charge in [0.1, 0.15) is 5.75 Å². The quantitative estimate of drug-likeness (QED) is 0.483. The predicted octanol–water partition coefficient (Wildman–Crippen LogP) is 5.06. The molecule has 0 spiro atoms. The number of carbonyl (C=O) groups is 3. The van der Waals surface area contributed by atoms with Crippen LogP contribution < -0.4 is 9.64 Å². The van der Waals surface area contributed by atoms with E-state index in [0.717, 1.165) is 40.1 Å². The molecule has 2 aliphatic rings. The van der Waals surface area contributed by atoms with E-state index < -0.39 is 6.09 Å². The second-order valence-electron chi connectivity index (χ2n) is 9.41. The van der Waals surface area contributed by atoms with Gasteiger partial charge in [-0.05, 0) is 74.4 Å². The van der Waals surface area contributed by atoms with Gasteiger partial charge in [0.25, 0.3) is 0 Å². The van der Waals surface area contributed by atoms with Crippen molar-refractivity contribution in [2.75, 3.05) is 25.1 Å². The van der Waals surface area contributed by atoms with Crippen LogP contribution in [0.25, 0.3) is 0 Å². The Bertz CT molecular complexity index is 1130. The summed E-state index contributed by atoms with van der Waals surface area (Å²) in [6.07, 6.45) is 2.73. The summed E-state index contributed by atoms with van der Waals surface area (Å²) in [6.45, 7) is 4.85. The SMILES string of the molecule is CCN(C(=O)O)C(C)C(CCCC(=O)c1cc2c3c(c1)CCN3C(=O)CC2)c1ccccc1OC. The number of likely N-dealkylation sites (N-methyl/N-ethyl adjacent to an activating group) is 1. The second-order valence-corrected chi connectivity index (χ2v) is 9.41. The maximum atomic E-state index is 13.2. The molecular weight excluding hydrogens is 444 g/mol. The molecule has 0 saturated carbocycles. The standard InChI is InChI=1S/C28H34N2O5/c1-4-29(28(33)34)18(2)22(23-8-5-6-11-25(23)35-3)9-7-10-24(31)21-16-19-12-13-26(32)30-15-14-20(17-21)27(19)30/h5-6,8,11,16-18,22H,4,7,9-10,12-15H2,1-3H3,(H,33,34). The Kier molecular flexibility index (Phi) is 7.43. The van der Waals surface area contributed by atoms with Gasteiger partial charge in [-0.25, -0.2) is 4.79 Å². The number of aryl methyl sites for hydroxylation is 1. The molecule has 0 fully saturated rings. The highest BCUT2D eigenvalue weighted by atomic mass is 16.5. The first-order valence-electron chi connectivity index (χ1n) is 12.5. The van der Waals surface area contributed by atoms with E-state index in [1.165, 1.54) is 4.90 Å². The van der Waals surface area contributed by atoms with Crippen LogP contribution in [0.2, 0.25) is 0 Å². The van der Waals surface area contributed by atoms with Gasteiger partial charge in [-0.15, -0.1) is 0 Å². The third kappa shape index (κ3) is 4.90. The fourth-order valence-electron chi connectivity index (χ4n) is 5.69. The molecule has 0 aliphatic carbocycles. The lowest BCUT2D eigenvalue weighted by atomic mass is 9.85. The van der Waals surface area contributed by atoms with Gasteiger partial charge in [-0.1, -0.05) is 18.2 Å². The molecule has 0 radical (unpaired) electrons. The maximum Gasteiger partial charge on any atom is 0.407 e. The molecule has 2 atom stereocenters. The fraction of sp³-hybridized carbons (Fsp3) is 0.464. The zero-order valence-corrected chi connectivity index (χ0v) is 20.8. The van der Waals surface area contributed by atoms with Crippen molar-refractivity contribution in [2.45, 2.75) is 64.3 Å². The van der Waals surface area contributed by atoms with Gasteiger partial charge in [-0.3, -0.25) is 9.59 Å². The minimum absolute atomic E-state index is 0.0939. The molecule has 7 heteroatoms. The molecule has 4 rings (SSSR count). The molecule has 0 aromatic heterocycles. The van der Waals surface area contributed by atoms with Gasteiger partial charge < -0.3 is 19.6 Å². The average Bonchev–Trinajstić information content (AvgIpc) is 3.29. The summed E-state index contributed by atoms with van der Waals surface area (Å²) in [7, 11) is 1.62. The summed E-state index contributed by atoms with van der Waals surface area (Å²) >= 11 is 0. The number of carboxylic acid groups (broad SMARTS) is 1. The summed E-state index contributed by atoms with van der Waals surface area (Å²) < 4.78 is 5.58. The van der Waals surface area contributed by atoms with Gasteiger partial charge in [0.05, 0.1) is 12.8 Å². The van der Waals surface area contributed by atoms with Crippen molar-refractivity contribution in [3.8, 4) is 5.75 Å². The number of hydrogen-bond acceptors (Lipinski definition) is 4. The van der Waals surface area contributed by atoms with E-state index in [4.69, 9.17) is 4.74 Å². The first-order chi connectivity index (χ1) is 16.8. The summed E-state index contributed by atoms with van der Waals surface area (Å²) in [5.74, 6) is 0.899. The number of Topliss-reactive ketones (excluding diaryl/α,β-unsaturated/α-hetero) is 1. The van der Waals surface area contributed by atoms with E-state index in [1.54, 1.807) is 7.11 Å². The predicted molar refractivity (Wildman–Crippen MR) is 135 cm³/mol. The first kappa shape index (κ1) is 24.8. The van der Waals surface area contributed by atoms with Crippen molar-refractivity contribution < 1.29 is 24.2 Å². The number of ether oxygens (including phenoxy) is 1. The van der Waals surface area contributed by atoms with Crippen LogP contribution in [0.1, 0.15) is 72.5 Å². The minimum Gasteiger partial charge on any atom is -0.496 e. The van der Waals surface area contributed by atoms with Crippen LogP contribution in [0.4, 0.5) is 10.5 Å². The summed E-state index contributed by atoms with van der Waals surface area (Å²) in [5.41, 5.74) is 4.90. The fourth-order valence-corrected chi connectivity index (χ4v) is 5.69.